The van der Waals surface area contributed by atoms with Crippen LogP contribution in [-0.2, 0) is 11.6 Å². The van der Waals surface area contributed by atoms with E-state index in [9.17, 15) is 18.0 Å². The van der Waals surface area contributed by atoms with Gasteiger partial charge in [-0.15, -0.1) is 0 Å². The number of pyridine rings is 1. The van der Waals surface area contributed by atoms with Gasteiger partial charge < -0.3 is 21.1 Å². The van der Waals surface area contributed by atoms with E-state index in [1.165, 1.54) is 18.3 Å². The highest BCUT2D eigenvalue weighted by molar-refractivity contribution is 7.99. The monoisotopic (exact) mass is 502 g/mol. The number of nitrogens with one attached hydrogen (secondary N) is 1. The predicted molar refractivity (Wildman–Crippen MR) is 123 cm³/mol. The molecule has 2 aromatic heterocycles. The number of amides is 1. The van der Waals surface area contributed by atoms with Crippen LogP contribution in [0.15, 0.2) is 64.8 Å². The molecule has 3 atom stereocenters. The number of nitrogens with zero attached hydrogens (tertiary/aromatic N) is 4. The molecular weight excluding hydrogens is 481 g/mol. The van der Waals surface area contributed by atoms with Crippen molar-refractivity contribution >= 4 is 29.5 Å². The fourth-order valence-corrected chi connectivity index (χ4v) is 5.96. The minimum atomic E-state index is -4.59. The molecule has 0 spiro atoms. The van der Waals surface area contributed by atoms with Gasteiger partial charge in [0.25, 0.3) is 0 Å². The van der Waals surface area contributed by atoms with E-state index in [4.69, 9.17) is 10.8 Å². The average molecular weight is 503 g/mol. The Kier molecular flexibility index (Phi) is 5.70. The van der Waals surface area contributed by atoms with E-state index in [1.807, 2.05) is 35.2 Å². The fourth-order valence-electron chi connectivity index (χ4n) is 5.09. The topological polar surface area (TPSA) is 117 Å². The van der Waals surface area contributed by atoms with Crippen LogP contribution in [0.25, 0.3) is 0 Å². The largest absolute Gasteiger partial charge is 0.465 e. The van der Waals surface area contributed by atoms with Gasteiger partial charge in [0.15, 0.2) is 11.5 Å². The molecule has 1 aromatic carbocycles. The molecule has 1 amide bonds. The minimum Gasteiger partial charge on any atom is -0.465 e. The predicted octanol–water partition coefficient (Wildman–Crippen LogP) is 3.90. The van der Waals surface area contributed by atoms with Crippen LogP contribution in [0.4, 0.5) is 29.6 Å². The average Bonchev–Trinajstić information content (AvgIpc) is 3.18. The number of nitrogen functional groups attached to an aromatic ring is 1. The maximum absolute atomic E-state index is 13.3. The number of halogens is 3. The van der Waals surface area contributed by atoms with Crippen molar-refractivity contribution in [2.75, 3.05) is 30.3 Å². The van der Waals surface area contributed by atoms with Crippen LogP contribution in [0.1, 0.15) is 11.3 Å². The highest BCUT2D eigenvalue weighted by Crippen LogP contribution is 2.63. The van der Waals surface area contributed by atoms with Gasteiger partial charge in [-0.2, -0.15) is 13.2 Å². The van der Waals surface area contributed by atoms with Crippen molar-refractivity contribution in [2.45, 2.75) is 21.5 Å². The number of alkyl halides is 3. The van der Waals surface area contributed by atoms with Gasteiger partial charge >= 0.3 is 12.3 Å². The Bertz CT molecular complexity index is 1250. The minimum absolute atomic E-state index is 0.0342. The number of anilines is 2. The first-order valence-electron chi connectivity index (χ1n) is 10.8. The SMILES string of the molecule is Nc1nc(N2C[C@@H]3[C@H](C2)[C@]3(CNC(=O)O)c2ccccc2)cnc1Sc1cccnc1C(F)(F)F. The lowest BCUT2D eigenvalue weighted by Gasteiger charge is -2.28. The second-order valence-electron chi connectivity index (χ2n) is 8.55. The van der Waals surface area contributed by atoms with Crippen molar-refractivity contribution < 1.29 is 23.1 Å². The molecule has 12 heteroatoms. The van der Waals surface area contributed by atoms with Crippen LogP contribution in [0, 0.1) is 11.8 Å². The van der Waals surface area contributed by atoms with Crippen LogP contribution in [0.3, 0.4) is 0 Å². The first-order chi connectivity index (χ1) is 16.7. The lowest BCUT2D eigenvalue weighted by atomic mass is 9.90. The molecule has 3 aromatic rings. The number of hydrogen-bond acceptors (Lipinski definition) is 7. The summed E-state index contributed by atoms with van der Waals surface area (Å²) >= 11 is 0.771. The van der Waals surface area contributed by atoms with Gasteiger partial charge in [0.05, 0.1) is 6.20 Å². The Balaban J connectivity index is 1.32. The number of nitrogens with two attached hydrogens (primary N) is 1. The molecule has 1 aliphatic carbocycles. The van der Waals surface area contributed by atoms with Crippen molar-refractivity contribution in [1.82, 2.24) is 20.3 Å². The normalized spacial score (nSPS) is 23.1. The Morgan fingerprint density at radius 1 is 1.17 bits per heavy atom. The zero-order chi connectivity index (χ0) is 24.8. The van der Waals surface area contributed by atoms with Gasteiger partial charge in [-0.3, -0.25) is 4.98 Å². The molecule has 1 saturated carbocycles. The number of piperidine rings is 1. The van der Waals surface area contributed by atoms with Crippen molar-refractivity contribution in [3.63, 3.8) is 0 Å². The fraction of sp³-hybridized carbons (Fsp3) is 0.304. The zero-order valence-electron chi connectivity index (χ0n) is 18.2. The summed E-state index contributed by atoms with van der Waals surface area (Å²) in [5, 5.41) is 11.9. The van der Waals surface area contributed by atoms with Gasteiger partial charge in [-0.1, -0.05) is 42.1 Å². The summed E-state index contributed by atoms with van der Waals surface area (Å²) in [5.41, 5.74) is 5.89. The Morgan fingerprint density at radius 2 is 1.89 bits per heavy atom. The second kappa shape index (κ2) is 8.59. The second-order valence-corrected chi connectivity index (χ2v) is 9.58. The van der Waals surface area contributed by atoms with E-state index < -0.39 is 18.0 Å². The van der Waals surface area contributed by atoms with E-state index in [1.54, 1.807) is 0 Å². The Labute approximate surface area is 202 Å². The maximum Gasteiger partial charge on any atom is 0.434 e. The van der Waals surface area contributed by atoms with E-state index in [-0.39, 0.29) is 33.0 Å². The molecule has 8 nitrogen and oxygen atoms in total. The molecule has 2 aliphatic rings. The van der Waals surface area contributed by atoms with Gasteiger partial charge in [-0.05, 0) is 29.5 Å². The Morgan fingerprint density at radius 3 is 2.51 bits per heavy atom. The molecule has 1 aliphatic heterocycles. The number of carboxylic acid groups (broad SMARTS) is 1. The lowest BCUT2D eigenvalue weighted by Crippen LogP contribution is -2.39. The number of hydrogen-bond donors (Lipinski definition) is 3. The first-order valence-corrected chi connectivity index (χ1v) is 11.6. The molecule has 35 heavy (non-hydrogen) atoms. The molecule has 0 bridgehead atoms. The van der Waals surface area contributed by atoms with Crippen molar-refractivity contribution in [3.8, 4) is 0 Å². The third-order valence-corrected chi connectivity index (χ3v) is 7.76. The van der Waals surface area contributed by atoms with E-state index in [2.05, 4.69) is 20.3 Å². The number of rotatable bonds is 6. The molecule has 5 rings (SSSR count). The quantitative estimate of drug-likeness (QED) is 0.465. The molecule has 182 valence electrons. The van der Waals surface area contributed by atoms with E-state index >= 15 is 0 Å². The summed E-state index contributed by atoms with van der Waals surface area (Å²) in [4.78, 5) is 25.2. The van der Waals surface area contributed by atoms with Crippen LogP contribution in [0.2, 0.25) is 0 Å². The van der Waals surface area contributed by atoms with Gasteiger partial charge in [-0.25, -0.2) is 14.8 Å². The first kappa shape index (κ1) is 23.2. The van der Waals surface area contributed by atoms with Crippen molar-refractivity contribution in [1.29, 1.82) is 0 Å². The molecule has 4 N–H and O–H groups in total. The Hall–Kier alpha value is -3.54. The lowest BCUT2D eigenvalue weighted by molar-refractivity contribution is -0.143. The summed E-state index contributed by atoms with van der Waals surface area (Å²) < 4.78 is 39.8. The molecule has 0 unspecified atom stereocenters. The van der Waals surface area contributed by atoms with Crippen LogP contribution >= 0.6 is 11.8 Å². The van der Waals surface area contributed by atoms with Crippen LogP contribution < -0.4 is 16.0 Å². The summed E-state index contributed by atoms with van der Waals surface area (Å²) in [7, 11) is 0. The maximum atomic E-state index is 13.3. The number of aromatic nitrogens is 3. The molecule has 3 heterocycles. The van der Waals surface area contributed by atoms with Gasteiger partial charge in [0.1, 0.15) is 10.8 Å². The summed E-state index contributed by atoms with van der Waals surface area (Å²) in [6.07, 6.45) is -3.06. The molecular formula is C23H21F3N6O2S. The smallest absolute Gasteiger partial charge is 0.434 e. The number of benzene rings is 1. The van der Waals surface area contributed by atoms with E-state index in [0.29, 0.717) is 25.5 Å². The number of carbonyl (C=O) groups is 1. The highest BCUT2D eigenvalue weighted by atomic mass is 32.2. The third-order valence-electron chi connectivity index (χ3n) is 6.70. The standard InChI is InChI=1S/C23H21F3N6O2S/c24-23(25,26)18-16(7-4-8-28-18)35-20-19(27)31-17(9-29-20)32-10-14-15(11-32)22(14,12-30-21(33)34)13-5-2-1-3-6-13/h1-9,14-15,30H,10-12H2,(H2,27,31)(H,33,34)/t14-,15+,22-. The molecule has 2 fully saturated rings. The van der Waals surface area contributed by atoms with Gasteiger partial charge in [0.2, 0.25) is 0 Å². The summed E-state index contributed by atoms with van der Waals surface area (Å²) in [6.45, 7) is 1.61. The van der Waals surface area contributed by atoms with Crippen molar-refractivity contribution in [3.05, 3.63) is 66.1 Å². The zero-order valence-corrected chi connectivity index (χ0v) is 19.1. The van der Waals surface area contributed by atoms with Gasteiger partial charge in [0, 0.05) is 36.1 Å². The van der Waals surface area contributed by atoms with Crippen LogP contribution in [-0.4, -0.2) is 45.8 Å². The summed E-state index contributed by atoms with van der Waals surface area (Å²) in [5.74, 6) is 1.01. The van der Waals surface area contributed by atoms with Crippen molar-refractivity contribution in [2.24, 2.45) is 11.8 Å². The number of fused-ring (bicyclic) bond motifs is 1. The molecule has 1 saturated heterocycles. The highest BCUT2D eigenvalue weighted by Gasteiger charge is 2.68. The third kappa shape index (κ3) is 4.22. The summed E-state index contributed by atoms with van der Waals surface area (Å²) in [6, 6.07) is 12.6. The molecule has 0 radical (unpaired) electrons. The van der Waals surface area contributed by atoms with Crippen LogP contribution in [0.5, 0.6) is 0 Å². The van der Waals surface area contributed by atoms with E-state index in [0.717, 1.165) is 23.5 Å².